The average molecular weight is 305 g/mol. The number of hydrogen-bond acceptors (Lipinski definition) is 3. The number of anilines is 2. The van der Waals surface area contributed by atoms with E-state index < -0.39 is 0 Å². The molecule has 0 heterocycles. The third kappa shape index (κ3) is 4.39. The van der Waals surface area contributed by atoms with Gasteiger partial charge in [-0.25, -0.2) is 0 Å². The van der Waals surface area contributed by atoms with Gasteiger partial charge in [0, 0.05) is 17.8 Å². The van der Waals surface area contributed by atoms with Gasteiger partial charge in [0.25, 0.3) is 0 Å². The van der Waals surface area contributed by atoms with E-state index >= 15 is 0 Å². The highest BCUT2D eigenvalue weighted by atomic mass is 35.5. The van der Waals surface area contributed by atoms with Crippen LogP contribution in [0.25, 0.3) is 0 Å². The van der Waals surface area contributed by atoms with Crippen molar-refractivity contribution in [2.24, 2.45) is 0 Å². The van der Waals surface area contributed by atoms with Crippen LogP contribution in [0, 0.1) is 0 Å². The molecular weight excluding hydrogens is 288 g/mol. The minimum atomic E-state index is -0.0707. The van der Waals surface area contributed by atoms with E-state index in [1.807, 2.05) is 24.3 Å². The molecule has 0 aliphatic rings. The van der Waals surface area contributed by atoms with Crippen molar-refractivity contribution >= 4 is 28.9 Å². The van der Waals surface area contributed by atoms with Gasteiger partial charge in [-0.1, -0.05) is 23.7 Å². The first-order chi connectivity index (χ1) is 10.1. The van der Waals surface area contributed by atoms with Crippen LogP contribution in [0.2, 0.25) is 5.02 Å². The first kappa shape index (κ1) is 15.2. The van der Waals surface area contributed by atoms with E-state index in [9.17, 15) is 4.79 Å². The molecule has 0 unspecified atom stereocenters. The van der Waals surface area contributed by atoms with Crippen molar-refractivity contribution in [3.8, 4) is 5.75 Å². The monoisotopic (exact) mass is 304 g/mol. The number of nitrogen functional groups attached to an aromatic ring is 1. The van der Waals surface area contributed by atoms with E-state index in [-0.39, 0.29) is 5.91 Å². The molecule has 4 nitrogen and oxygen atoms in total. The Morgan fingerprint density at radius 3 is 2.76 bits per heavy atom. The van der Waals surface area contributed by atoms with Crippen molar-refractivity contribution in [1.29, 1.82) is 0 Å². The highest BCUT2D eigenvalue weighted by Crippen LogP contribution is 2.27. The zero-order valence-corrected chi connectivity index (χ0v) is 12.5. The van der Waals surface area contributed by atoms with Gasteiger partial charge in [0.1, 0.15) is 5.75 Å². The molecule has 0 fully saturated rings. The third-order valence-corrected chi connectivity index (χ3v) is 3.32. The Morgan fingerprint density at radius 1 is 1.29 bits per heavy atom. The summed E-state index contributed by atoms with van der Waals surface area (Å²) in [4.78, 5) is 11.9. The van der Waals surface area contributed by atoms with E-state index in [0.717, 1.165) is 5.56 Å². The van der Waals surface area contributed by atoms with Gasteiger partial charge in [-0.3, -0.25) is 4.79 Å². The molecule has 0 aliphatic carbocycles. The number of carbonyl (C=O) groups is 1. The summed E-state index contributed by atoms with van der Waals surface area (Å²) < 4.78 is 5.06. The molecule has 2 aromatic rings. The molecular formula is C16H17ClN2O2. The standard InChI is InChI=1S/C16H17ClN2O2/c1-21-15-7-6-13(10-14(15)17)19-16(20)8-5-11-3-2-4-12(18)9-11/h2-4,6-7,9-10H,5,8,18H2,1H3,(H,19,20). The topological polar surface area (TPSA) is 64.3 Å². The largest absolute Gasteiger partial charge is 0.495 e. The van der Waals surface area contributed by atoms with Crippen LogP contribution in [0.3, 0.4) is 0 Å². The molecule has 0 aliphatic heterocycles. The predicted molar refractivity (Wildman–Crippen MR) is 85.8 cm³/mol. The highest BCUT2D eigenvalue weighted by molar-refractivity contribution is 6.32. The minimum absolute atomic E-state index is 0.0707. The zero-order valence-electron chi connectivity index (χ0n) is 11.7. The molecule has 0 spiro atoms. The summed E-state index contributed by atoms with van der Waals surface area (Å²) in [5, 5.41) is 3.27. The van der Waals surface area contributed by atoms with Crippen LogP contribution < -0.4 is 15.8 Å². The Balaban J connectivity index is 1.91. The van der Waals surface area contributed by atoms with Crippen LogP contribution in [-0.2, 0) is 11.2 Å². The molecule has 0 atom stereocenters. The van der Waals surface area contributed by atoms with Gasteiger partial charge < -0.3 is 15.8 Å². The summed E-state index contributed by atoms with van der Waals surface area (Å²) in [6.07, 6.45) is 1.02. The van der Waals surface area contributed by atoms with Crippen molar-refractivity contribution in [3.05, 3.63) is 53.1 Å². The number of methoxy groups -OCH3 is 1. The molecule has 2 aromatic carbocycles. The Morgan fingerprint density at radius 2 is 2.10 bits per heavy atom. The number of benzene rings is 2. The lowest BCUT2D eigenvalue weighted by Crippen LogP contribution is -2.12. The lowest BCUT2D eigenvalue weighted by atomic mass is 10.1. The Labute approximate surface area is 128 Å². The second-order valence-electron chi connectivity index (χ2n) is 4.64. The number of carbonyl (C=O) groups excluding carboxylic acids is 1. The second kappa shape index (κ2) is 6.99. The van der Waals surface area contributed by atoms with Gasteiger partial charge in [0.15, 0.2) is 0 Å². The van der Waals surface area contributed by atoms with E-state index in [1.165, 1.54) is 0 Å². The van der Waals surface area contributed by atoms with Gasteiger partial charge in [-0.2, -0.15) is 0 Å². The number of amides is 1. The first-order valence-electron chi connectivity index (χ1n) is 6.56. The second-order valence-corrected chi connectivity index (χ2v) is 5.05. The Hall–Kier alpha value is -2.20. The molecule has 0 saturated carbocycles. The van der Waals surface area contributed by atoms with Crippen molar-refractivity contribution in [1.82, 2.24) is 0 Å². The molecule has 1 amide bonds. The lowest BCUT2D eigenvalue weighted by Gasteiger charge is -2.08. The summed E-state index contributed by atoms with van der Waals surface area (Å²) in [6, 6.07) is 12.7. The number of nitrogens with one attached hydrogen (secondary N) is 1. The summed E-state index contributed by atoms with van der Waals surface area (Å²) in [5.74, 6) is 0.507. The fraction of sp³-hybridized carbons (Fsp3) is 0.188. The number of aryl methyl sites for hydroxylation is 1. The molecule has 21 heavy (non-hydrogen) atoms. The maximum absolute atomic E-state index is 11.9. The van der Waals surface area contributed by atoms with Crippen molar-refractivity contribution in [2.45, 2.75) is 12.8 Å². The summed E-state index contributed by atoms with van der Waals surface area (Å²) in [6.45, 7) is 0. The quantitative estimate of drug-likeness (QED) is 0.831. The van der Waals surface area contributed by atoms with Crippen LogP contribution in [0.1, 0.15) is 12.0 Å². The van der Waals surface area contributed by atoms with Crippen molar-refractivity contribution < 1.29 is 9.53 Å². The Kier molecular flexibility index (Phi) is 5.06. The van der Waals surface area contributed by atoms with Crippen molar-refractivity contribution in [2.75, 3.05) is 18.2 Å². The summed E-state index contributed by atoms with van der Waals surface area (Å²) >= 11 is 6.01. The van der Waals surface area contributed by atoms with E-state index in [1.54, 1.807) is 25.3 Å². The Bertz CT molecular complexity index is 644. The zero-order chi connectivity index (χ0) is 15.2. The average Bonchev–Trinajstić information content (AvgIpc) is 2.45. The molecule has 110 valence electrons. The molecule has 2 rings (SSSR count). The van der Waals surface area contributed by atoms with Crippen LogP contribution in [0.15, 0.2) is 42.5 Å². The van der Waals surface area contributed by atoms with E-state index in [2.05, 4.69) is 5.32 Å². The van der Waals surface area contributed by atoms with Crippen molar-refractivity contribution in [3.63, 3.8) is 0 Å². The third-order valence-electron chi connectivity index (χ3n) is 3.03. The highest BCUT2D eigenvalue weighted by Gasteiger charge is 2.06. The van der Waals surface area contributed by atoms with Gasteiger partial charge in [-0.15, -0.1) is 0 Å². The fourth-order valence-corrected chi connectivity index (χ4v) is 2.23. The maximum atomic E-state index is 11.9. The molecule has 5 heteroatoms. The van der Waals surface area contributed by atoms with E-state index in [4.69, 9.17) is 22.1 Å². The lowest BCUT2D eigenvalue weighted by molar-refractivity contribution is -0.116. The van der Waals surface area contributed by atoms with Gasteiger partial charge >= 0.3 is 0 Å². The number of nitrogens with two attached hydrogens (primary N) is 1. The molecule has 0 saturated heterocycles. The van der Waals surface area contributed by atoms with Gasteiger partial charge in [-0.05, 0) is 42.3 Å². The van der Waals surface area contributed by atoms with Gasteiger partial charge in [0.2, 0.25) is 5.91 Å². The molecule has 0 aromatic heterocycles. The summed E-state index contributed by atoms with van der Waals surface area (Å²) in [7, 11) is 1.55. The molecule has 0 bridgehead atoms. The molecule has 3 N–H and O–H groups in total. The van der Waals surface area contributed by atoms with Crippen LogP contribution in [0.5, 0.6) is 5.75 Å². The minimum Gasteiger partial charge on any atom is -0.495 e. The number of ether oxygens (including phenoxy) is 1. The maximum Gasteiger partial charge on any atom is 0.224 e. The summed E-state index contributed by atoms with van der Waals surface area (Å²) in [5.41, 5.74) is 8.10. The smallest absolute Gasteiger partial charge is 0.224 e. The SMILES string of the molecule is COc1ccc(NC(=O)CCc2cccc(N)c2)cc1Cl. The number of hydrogen-bond donors (Lipinski definition) is 2. The van der Waals surface area contributed by atoms with Gasteiger partial charge in [0.05, 0.1) is 12.1 Å². The predicted octanol–water partition coefficient (Wildman–Crippen LogP) is 3.50. The number of rotatable bonds is 5. The van der Waals surface area contributed by atoms with Crippen LogP contribution >= 0.6 is 11.6 Å². The normalized spacial score (nSPS) is 10.2. The fourth-order valence-electron chi connectivity index (χ4n) is 1.97. The van der Waals surface area contributed by atoms with E-state index in [0.29, 0.717) is 35.0 Å². The number of halogens is 1. The molecule has 0 radical (unpaired) electrons. The van der Waals surface area contributed by atoms with Crippen LogP contribution in [0.4, 0.5) is 11.4 Å². The first-order valence-corrected chi connectivity index (χ1v) is 6.94. The van der Waals surface area contributed by atoms with Crippen LogP contribution in [-0.4, -0.2) is 13.0 Å².